The van der Waals surface area contributed by atoms with Gasteiger partial charge in [-0.05, 0) is 43.4 Å². The lowest BCUT2D eigenvalue weighted by atomic mass is 9.55. The summed E-state index contributed by atoms with van der Waals surface area (Å²) >= 11 is 2.05. The molecule has 4 aliphatic rings. The van der Waals surface area contributed by atoms with E-state index in [0.717, 1.165) is 19.4 Å². The van der Waals surface area contributed by atoms with Gasteiger partial charge in [0.2, 0.25) is 0 Å². The van der Waals surface area contributed by atoms with Crippen molar-refractivity contribution >= 4 is 17.7 Å². The predicted molar refractivity (Wildman–Crippen MR) is 93.6 cm³/mol. The molecule has 2 aliphatic carbocycles. The normalized spacial score (nSPS) is 44.6. The fraction of sp³-hybridized carbons (Fsp3) is 0.842. The van der Waals surface area contributed by atoms with E-state index in [1.54, 1.807) is 4.90 Å². The van der Waals surface area contributed by atoms with Crippen molar-refractivity contribution in [2.24, 2.45) is 23.2 Å². The Bertz CT molecular complexity index is 502. The zero-order valence-electron chi connectivity index (χ0n) is 14.3. The van der Waals surface area contributed by atoms with Gasteiger partial charge in [-0.25, -0.2) is 0 Å². The van der Waals surface area contributed by atoms with E-state index in [2.05, 4.69) is 13.5 Å². The summed E-state index contributed by atoms with van der Waals surface area (Å²) in [7, 11) is 0. The predicted octanol–water partition coefficient (Wildman–Crippen LogP) is 1.93. The molecule has 0 bridgehead atoms. The molecule has 0 amide bonds. The summed E-state index contributed by atoms with van der Waals surface area (Å²) < 4.78 is 5.88. The van der Waals surface area contributed by atoms with Gasteiger partial charge in [0, 0.05) is 17.4 Å². The van der Waals surface area contributed by atoms with Crippen LogP contribution in [0.4, 0.5) is 0 Å². The van der Waals surface area contributed by atoms with Crippen LogP contribution in [-0.2, 0) is 9.53 Å². The van der Waals surface area contributed by atoms with E-state index in [0.29, 0.717) is 17.3 Å². The molecule has 23 heavy (non-hydrogen) atoms. The molecule has 0 radical (unpaired) electrons. The molecular formula is C19H30NO2S+. The quantitative estimate of drug-likeness (QED) is 0.617. The highest BCUT2D eigenvalue weighted by Crippen LogP contribution is 2.56. The lowest BCUT2D eigenvalue weighted by molar-refractivity contribution is -0.899. The Morgan fingerprint density at radius 1 is 1.39 bits per heavy atom. The van der Waals surface area contributed by atoms with Crippen LogP contribution in [0.2, 0.25) is 0 Å². The Labute approximate surface area is 144 Å². The number of carbonyl (C=O) groups is 1. The summed E-state index contributed by atoms with van der Waals surface area (Å²) in [6.45, 7) is 10.2. The molecule has 2 saturated heterocycles. The molecule has 4 heteroatoms. The molecule has 0 aromatic carbocycles. The molecular weight excluding hydrogens is 306 g/mol. The Balaban J connectivity index is 1.50. The van der Waals surface area contributed by atoms with Crippen LogP contribution in [-0.4, -0.2) is 43.2 Å². The first kappa shape index (κ1) is 16.0. The summed E-state index contributed by atoms with van der Waals surface area (Å²) in [6, 6.07) is 0. The third kappa shape index (κ3) is 2.86. The largest absolute Gasteiger partial charge is 0.462 e. The number of fused-ring (bicyclic) bond motifs is 2. The Morgan fingerprint density at radius 2 is 2.17 bits per heavy atom. The van der Waals surface area contributed by atoms with Gasteiger partial charge < -0.3 is 9.64 Å². The van der Waals surface area contributed by atoms with Crippen molar-refractivity contribution in [1.29, 1.82) is 0 Å². The highest BCUT2D eigenvalue weighted by Gasteiger charge is 2.55. The molecule has 0 aromatic heterocycles. The van der Waals surface area contributed by atoms with Crippen LogP contribution >= 0.6 is 11.8 Å². The number of allylic oxidation sites excluding steroid dienone is 1. The molecule has 5 atom stereocenters. The summed E-state index contributed by atoms with van der Waals surface area (Å²) in [5.74, 6) is 3.76. The minimum atomic E-state index is 0.0959. The van der Waals surface area contributed by atoms with E-state index < -0.39 is 0 Å². The van der Waals surface area contributed by atoms with Gasteiger partial charge in [0.25, 0.3) is 0 Å². The smallest absolute Gasteiger partial charge is 0.315 e. The van der Waals surface area contributed by atoms with Gasteiger partial charge in [-0.3, -0.25) is 4.79 Å². The minimum Gasteiger partial charge on any atom is -0.462 e. The molecule has 4 rings (SSSR count). The average Bonchev–Trinajstić information content (AvgIpc) is 2.81. The average molecular weight is 337 g/mol. The first-order valence-corrected chi connectivity index (χ1v) is 10.5. The lowest BCUT2D eigenvalue weighted by Gasteiger charge is -2.50. The zero-order valence-corrected chi connectivity index (χ0v) is 15.1. The third-order valence-electron chi connectivity index (χ3n) is 7.03. The SMILES string of the molecule is C=C1CCC[C@]2(C)C[C@H]3OC(=O)[C@@H](C[NH+]4CCSCC4)[C@H]3C[C@@H]12. The number of nitrogens with one attached hydrogen (secondary N) is 1. The van der Waals surface area contributed by atoms with E-state index in [-0.39, 0.29) is 18.0 Å². The molecule has 2 heterocycles. The van der Waals surface area contributed by atoms with Crippen LogP contribution in [0.1, 0.15) is 39.0 Å². The van der Waals surface area contributed by atoms with Crippen LogP contribution in [0, 0.1) is 23.2 Å². The first-order valence-electron chi connectivity index (χ1n) is 9.36. The van der Waals surface area contributed by atoms with Crippen LogP contribution in [0.25, 0.3) is 0 Å². The molecule has 128 valence electrons. The van der Waals surface area contributed by atoms with Gasteiger partial charge in [-0.15, -0.1) is 0 Å². The van der Waals surface area contributed by atoms with E-state index in [1.165, 1.54) is 49.4 Å². The second-order valence-corrected chi connectivity index (χ2v) is 9.70. The fourth-order valence-electron chi connectivity index (χ4n) is 5.66. The van der Waals surface area contributed by atoms with Gasteiger partial charge >= 0.3 is 5.97 Å². The Morgan fingerprint density at radius 3 is 2.96 bits per heavy atom. The maximum absolute atomic E-state index is 12.5. The molecule has 0 spiro atoms. The van der Waals surface area contributed by atoms with E-state index in [1.807, 2.05) is 11.8 Å². The standard InChI is InChI=1S/C19H29NO2S/c1-13-4-3-5-19(2)11-17-14(10-16(13)19)15(18(21)22-17)12-20-6-8-23-9-7-20/h14-17H,1,3-12H2,2H3/p+1/t14-,15+,16+,17-,19-/m1/s1. The number of hydrogen-bond acceptors (Lipinski definition) is 3. The summed E-state index contributed by atoms with van der Waals surface area (Å²) in [5, 5.41) is 0. The number of rotatable bonds is 2. The van der Waals surface area contributed by atoms with Crippen molar-refractivity contribution < 1.29 is 14.4 Å². The van der Waals surface area contributed by atoms with Crippen LogP contribution in [0.15, 0.2) is 12.2 Å². The van der Waals surface area contributed by atoms with Crippen molar-refractivity contribution in [1.82, 2.24) is 0 Å². The number of esters is 1. The zero-order chi connectivity index (χ0) is 16.0. The van der Waals surface area contributed by atoms with E-state index >= 15 is 0 Å². The number of ether oxygens (including phenoxy) is 1. The second-order valence-electron chi connectivity index (χ2n) is 8.47. The maximum Gasteiger partial charge on any atom is 0.315 e. The number of quaternary nitrogens is 1. The summed E-state index contributed by atoms with van der Waals surface area (Å²) in [5.41, 5.74) is 1.76. The third-order valence-corrected chi connectivity index (χ3v) is 8.01. The highest BCUT2D eigenvalue weighted by molar-refractivity contribution is 7.99. The van der Waals surface area contributed by atoms with Gasteiger partial charge in [0.05, 0.1) is 19.6 Å². The van der Waals surface area contributed by atoms with Crippen LogP contribution in [0.5, 0.6) is 0 Å². The Kier molecular flexibility index (Phi) is 4.25. The summed E-state index contributed by atoms with van der Waals surface area (Å²) in [6.07, 6.45) is 6.10. The van der Waals surface area contributed by atoms with Gasteiger partial charge in [-0.1, -0.05) is 19.1 Å². The Hall–Kier alpha value is -0.480. The number of thioether (sulfide) groups is 1. The van der Waals surface area contributed by atoms with Gasteiger partial charge in [0.15, 0.2) is 0 Å². The topological polar surface area (TPSA) is 30.7 Å². The molecule has 0 unspecified atom stereocenters. The molecule has 1 N–H and O–H groups in total. The monoisotopic (exact) mass is 336 g/mol. The van der Waals surface area contributed by atoms with Crippen molar-refractivity contribution in [3.63, 3.8) is 0 Å². The second kappa shape index (κ2) is 6.11. The maximum atomic E-state index is 12.5. The lowest BCUT2D eigenvalue weighted by Crippen LogP contribution is -3.14. The number of carbonyl (C=O) groups excluding carboxylic acids is 1. The number of hydrogen-bond donors (Lipinski definition) is 1. The van der Waals surface area contributed by atoms with Crippen LogP contribution < -0.4 is 4.90 Å². The minimum absolute atomic E-state index is 0.0959. The van der Waals surface area contributed by atoms with Crippen molar-refractivity contribution in [2.45, 2.75) is 45.1 Å². The van der Waals surface area contributed by atoms with Gasteiger partial charge in [0.1, 0.15) is 12.0 Å². The molecule has 3 nitrogen and oxygen atoms in total. The molecule has 4 fully saturated rings. The van der Waals surface area contributed by atoms with E-state index in [9.17, 15) is 4.79 Å². The summed E-state index contributed by atoms with van der Waals surface area (Å²) in [4.78, 5) is 14.2. The van der Waals surface area contributed by atoms with Crippen LogP contribution in [0.3, 0.4) is 0 Å². The molecule has 0 aromatic rings. The van der Waals surface area contributed by atoms with Gasteiger partial charge in [-0.2, -0.15) is 11.8 Å². The van der Waals surface area contributed by atoms with Crippen molar-refractivity contribution in [3.05, 3.63) is 12.2 Å². The molecule has 2 aliphatic heterocycles. The molecule has 2 saturated carbocycles. The highest BCUT2D eigenvalue weighted by atomic mass is 32.2. The first-order chi connectivity index (χ1) is 11.1. The fourth-order valence-corrected chi connectivity index (χ4v) is 6.73. The van der Waals surface area contributed by atoms with E-state index in [4.69, 9.17) is 4.74 Å². The van der Waals surface area contributed by atoms with Crippen molar-refractivity contribution in [3.8, 4) is 0 Å². The van der Waals surface area contributed by atoms with Crippen molar-refractivity contribution in [2.75, 3.05) is 31.1 Å².